The second-order valence-electron chi connectivity index (χ2n) is 6.64. The monoisotopic (exact) mass is 383 g/mol. The number of hydrogen-bond donors (Lipinski definition) is 1. The second kappa shape index (κ2) is 8.35. The molecular formula is C21H22ClN3O2. The summed E-state index contributed by atoms with van der Waals surface area (Å²) in [5.74, 6) is 0.749. The Labute approximate surface area is 163 Å². The molecule has 3 aromatic rings. The van der Waals surface area contributed by atoms with Gasteiger partial charge in [-0.3, -0.25) is 4.79 Å². The molecule has 2 unspecified atom stereocenters. The largest absolute Gasteiger partial charge is 0.340 e. The molecule has 0 saturated carbocycles. The third-order valence-corrected chi connectivity index (χ3v) is 4.93. The maximum absolute atomic E-state index is 12.7. The predicted molar refractivity (Wildman–Crippen MR) is 106 cm³/mol. The van der Waals surface area contributed by atoms with E-state index < -0.39 is 6.04 Å². The van der Waals surface area contributed by atoms with E-state index in [1.807, 2.05) is 38.1 Å². The van der Waals surface area contributed by atoms with Crippen molar-refractivity contribution in [3.63, 3.8) is 0 Å². The molecule has 0 bridgehead atoms. The minimum absolute atomic E-state index is 0.113. The zero-order valence-corrected chi connectivity index (χ0v) is 16.3. The van der Waals surface area contributed by atoms with E-state index in [0.717, 1.165) is 17.5 Å². The Morgan fingerprint density at radius 1 is 1.22 bits per heavy atom. The van der Waals surface area contributed by atoms with Crippen molar-refractivity contribution in [1.29, 1.82) is 0 Å². The summed E-state index contributed by atoms with van der Waals surface area (Å²) in [7, 11) is 0. The predicted octanol–water partition coefficient (Wildman–Crippen LogP) is 5.22. The van der Waals surface area contributed by atoms with E-state index in [4.69, 9.17) is 16.1 Å². The van der Waals surface area contributed by atoms with E-state index in [9.17, 15) is 4.79 Å². The number of nitrogens with one attached hydrogen (secondary N) is 1. The highest BCUT2D eigenvalue weighted by Crippen LogP contribution is 2.27. The van der Waals surface area contributed by atoms with Crippen molar-refractivity contribution in [2.75, 3.05) is 0 Å². The lowest BCUT2D eigenvalue weighted by atomic mass is 9.98. The van der Waals surface area contributed by atoms with Crippen LogP contribution in [0.3, 0.4) is 0 Å². The lowest BCUT2D eigenvalue weighted by molar-refractivity contribution is 0.0910. The van der Waals surface area contributed by atoms with Crippen LogP contribution in [-0.2, 0) is 0 Å². The number of nitrogens with zero attached hydrogens (tertiary/aromatic N) is 2. The first-order chi connectivity index (χ1) is 13.0. The number of carbonyl (C=O) groups is 1. The van der Waals surface area contributed by atoms with Gasteiger partial charge in [-0.25, -0.2) is 0 Å². The van der Waals surface area contributed by atoms with E-state index in [-0.39, 0.29) is 11.8 Å². The summed E-state index contributed by atoms with van der Waals surface area (Å²) >= 11 is 6.15. The SMILES string of the molecule is CCC(C)C(NC(=O)c1ccccc1Cl)c1nc(-c2cccc(C)c2)no1. The molecule has 5 nitrogen and oxygen atoms in total. The van der Waals surface area contributed by atoms with Gasteiger partial charge in [-0.15, -0.1) is 0 Å². The number of rotatable bonds is 6. The average molecular weight is 384 g/mol. The fourth-order valence-corrected chi connectivity index (χ4v) is 3.03. The van der Waals surface area contributed by atoms with Crippen molar-refractivity contribution in [2.45, 2.75) is 33.2 Å². The third-order valence-electron chi connectivity index (χ3n) is 4.60. The smallest absolute Gasteiger partial charge is 0.253 e. The number of benzene rings is 2. The summed E-state index contributed by atoms with van der Waals surface area (Å²) in [4.78, 5) is 17.2. The fourth-order valence-electron chi connectivity index (χ4n) is 2.81. The minimum Gasteiger partial charge on any atom is -0.340 e. The van der Waals surface area contributed by atoms with Gasteiger partial charge in [0.25, 0.3) is 5.91 Å². The summed E-state index contributed by atoms with van der Waals surface area (Å²) in [6.45, 7) is 6.10. The zero-order valence-electron chi connectivity index (χ0n) is 15.6. The van der Waals surface area contributed by atoms with Gasteiger partial charge in [0.15, 0.2) is 0 Å². The van der Waals surface area contributed by atoms with Gasteiger partial charge >= 0.3 is 0 Å². The molecule has 0 aliphatic rings. The Bertz CT molecular complexity index is 938. The molecule has 1 amide bonds. The van der Waals surface area contributed by atoms with Crippen LogP contribution in [0.4, 0.5) is 0 Å². The Morgan fingerprint density at radius 2 is 2.00 bits per heavy atom. The molecule has 3 rings (SSSR count). The van der Waals surface area contributed by atoms with E-state index in [2.05, 4.69) is 22.4 Å². The van der Waals surface area contributed by atoms with Crippen LogP contribution in [-0.4, -0.2) is 16.0 Å². The summed E-state index contributed by atoms with van der Waals surface area (Å²) in [5, 5.41) is 7.50. The average Bonchev–Trinajstić information content (AvgIpc) is 3.15. The highest BCUT2D eigenvalue weighted by atomic mass is 35.5. The molecule has 27 heavy (non-hydrogen) atoms. The molecule has 1 N–H and O–H groups in total. The van der Waals surface area contributed by atoms with E-state index in [1.54, 1.807) is 24.3 Å². The Balaban J connectivity index is 1.88. The number of halogens is 1. The minimum atomic E-state index is -0.398. The van der Waals surface area contributed by atoms with Crippen molar-refractivity contribution in [2.24, 2.45) is 5.92 Å². The van der Waals surface area contributed by atoms with Crippen LogP contribution >= 0.6 is 11.6 Å². The zero-order chi connectivity index (χ0) is 19.4. The van der Waals surface area contributed by atoms with E-state index in [1.165, 1.54) is 0 Å². The fraction of sp³-hybridized carbons (Fsp3) is 0.286. The van der Waals surface area contributed by atoms with Crippen molar-refractivity contribution in [1.82, 2.24) is 15.5 Å². The molecular weight excluding hydrogens is 362 g/mol. The first-order valence-electron chi connectivity index (χ1n) is 8.95. The number of hydrogen-bond acceptors (Lipinski definition) is 4. The Kier molecular flexibility index (Phi) is 5.91. The van der Waals surface area contributed by atoms with Crippen LogP contribution in [0, 0.1) is 12.8 Å². The summed E-state index contributed by atoms with van der Waals surface area (Å²) in [6, 6.07) is 14.4. The number of amides is 1. The lowest BCUT2D eigenvalue weighted by Crippen LogP contribution is -2.33. The first-order valence-corrected chi connectivity index (χ1v) is 9.33. The van der Waals surface area contributed by atoms with Gasteiger partial charge in [0.1, 0.15) is 6.04 Å². The van der Waals surface area contributed by atoms with Crippen LogP contribution < -0.4 is 5.32 Å². The topological polar surface area (TPSA) is 68.0 Å². The molecule has 2 aromatic carbocycles. The maximum Gasteiger partial charge on any atom is 0.253 e. The quantitative estimate of drug-likeness (QED) is 0.633. The first kappa shape index (κ1) is 19.1. The second-order valence-corrected chi connectivity index (χ2v) is 7.05. The molecule has 0 spiro atoms. The summed E-state index contributed by atoms with van der Waals surface area (Å²) < 4.78 is 5.50. The van der Waals surface area contributed by atoms with Gasteiger partial charge in [-0.05, 0) is 31.0 Å². The maximum atomic E-state index is 12.7. The van der Waals surface area contributed by atoms with Crippen molar-refractivity contribution in [3.8, 4) is 11.4 Å². The van der Waals surface area contributed by atoms with E-state index in [0.29, 0.717) is 22.3 Å². The summed E-state index contributed by atoms with van der Waals surface area (Å²) in [6.07, 6.45) is 0.843. The molecule has 0 aliphatic carbocycles. The Hall–Kier alpha value is -2.66. The molecule has 0 fully saturated rings. The van der Waals surface area contributed by atoms with Crippen LogP contribution in [0.5, 0.6) is 0 Å². The Morgan fingerprint density at radius 3 is 2.70 bits per heavy atom. The number of aromatic nitrogens is 2. The standard InChI is InChI=1S/C21H22ClN3O2/c1-4-14(3)18(23-20(26)16-10-5-6-11-17(16)22)21-24-19(25-27-21)15-9-7-8-13(2)12-15/h5-12,14,18H,4H2,1-3H3,(H,23,26). The highest BCUT2D eigenvalue weighted by Gasteiger charge is 2.27. The molecule has 0 saturated heterocycles. The van der Waals surface area contributed by atoms with Crippen LogP contribution in [0.2, 0.25) is 5.02 Å². The molecule has 0 radical (unpaired) electrons. The number of aryl methyl sites for hydroxylation is 1. The van der Waals surface area contributed by atoms with Gasteiger partial charge in [-0.1, -0.05) is 72.9 Å². The van der Waals surface area contributed by atoms with Crippen molar-refractivity contribution < 1.29 is 9.32 Å². The lowest BCUT2D eigenvalue weighted by Gasteiger charge is -2.21. The molecule has 140 valence electrons. The van der Waals surface area contributed by atoms with Crippen LogP contribution in [0.15, 0.2) is 53.1 Å². The third kappa shape index (κ3) is 4.37. The van der Waals surface area contributed by atoms with Gasteiger partial charge in [0, 0.05) is 5.56 Å². The molecule has 1 aromatic heterocycles. The van der Waals surface area contributed by atoms with Crippen molar-refractivity contribution in [3.05, 3.63) is 70.6 Å². The highest BCUT2D eigenvalue weighted by molar-refractivity contribution is 6.33. The normalized spacial score (nSPS) is 13.2. The van der Waals surface area contributed by atoms with Gasteiger partial charge in [-0.2, -0.15) is 4.98 Å². The van der Waals surface area contributed by atoms with E-state index >= 15 is 0 Å². The van der Waals surface area contributed by atoms with Gasteiger partial charge < -0.3 is 9.84 Å². The molecule has 1 heterocycles. The van der Waals surface area contributed by atoms with Crippen LogP contribution in [0.1, 0.15) is 48.1 Å². The van der Waals surface area contributed by atoms with Gasteiger partial charge in [0.05, 0.1) is 10.6 Å². The molecule has 2 atom stereocenters. The van der Waals surface area contributed by atoms with Crippen LogP contribution in [0.25, 0.3) is 11.4 Å². The summed E-state index contributed by atoms with van der Waals surface area (Å²) in [5.41, 5.74) is 2.42. The van der Waals surface area contributed by atoms with Gasteiger partial charge in [0.2, 0.25) is 11.7 Å². The van der Waals surface area contributed by atoms with Crippen molar-refractivity contribution >= 4 is 17.5 Å². The molecule has 0 aliphatic heterocycles. The molecule has 6 heteroatoms. The number of carbonyl (C=O) groups excluding carboxylic acids is 1.